The zero-order valence-electron chi connectivity index (χ0n) is 19.6. The third kappa shape index (κ3) is 8.42. The monoisotopic (exact) mass is 480 g/mol. The Kier molecular flexibility index (Phi) is 11.1. The van der Waals surface area contributed by atoms with Gasteiger partial charge >= 0.3 is 6.18 Å². The molecule has 0 aliphatic heterocycles. The predicted molar refractivity (Wildman–Crippen MR) is 125 cm³/mol. The molecule has 0 saturated carbocycles. The van der Waals surface area contributed by atoms with Gasteiger partial charge in [-0.15, -0.1) is 0 Å². The Bertz CT molecular complexity index is 1010. The Morgan fingerprint density at radius 3 is 2.62 bits per heavy atom. The molecule has 0 spiro atoms. The number of alkyl halides is 3. The van der Waals surface area contributed by atoms with Crippen LogP contribution in [0.2, 0.25) is 0 Å². The number of likely N-dealkylation sites (N-methyl/N-ethyl adjacent to an activating group) is 1. The van der Waals surface area contributed by atoms with Gasteiger partial charge in [-0.1, -0.05) is 25.3 Å². The summed E-state index contributed by atoms with van der Waals surface area (Å²) in [7, 11) is 0. The second-order valence-corrected chi connectivity index (χ2v) is 6.99. The van der Waals surface area contributed by atoms with Crippen molar-refractivity contribution in [3.8, 4) is 0 Å². The number of aromatic nitrogens is 1. The Morgan fingerprint density at radius 2 is 2.06 bits per heavy atom. The summed E-state index contributed by atoms with van der Waals surface area (Å²) in [5.41, 5.74) is -0.447. The van der Waals surface area contributed by atoms with E-state index in [-0.39, 0.29) is 30.2 Å². The van der Waals surface area contributed by atoms with Crippen LogP contribution in [0.3, 0.4) is 0 Å². The van der Waals surface area contributed by atoms with Crippen LogP contribution < -0.4 is 0 Å². The number of carbonyl (C=O) groups is 1. The molecule has 0 fully saturated rings. The van der Waals surface area contributed by atoms with Crippen molar-refractivity contribution in [2.45, 2.75) is 39.9 Å². The Morgan fingerprint density at radius 1 is 1.38 bits per heavy atom. The summed E-state index contributed by atoms with van der Waals surface area (Å²) in [6.45, 7) is 13.5. The lowest BCUT2D eigenvalue weighted by molar-refractivity contribution is -0.0924. The fourth-order valence-electron chi connectivity index (χ4n) is 2.79. The number of amides is 1. The topological polar surface area (TPSA) is 67.2 Å². The molecule has 1 aromatic rings. The Hall–Kier alpha value is -3.56. The largest absolute Gasteiger partial charge is 0.490 e. The number of ether oxygens (including phenoxy) is 1. The van der Waals surface area contributed by atoms with E-state index in [0.717, 1.165) is 24.6 Å². The van der Waals surface area contributed by atoms with Gasteiger partial charge in [0, 0.05) is 12.7 Å². The summed E-state index contributed by atoms with van der Waals surface area (Å²) >= 11 is 0. The smallest absolute Gasteiger partial charge is 0.433 e. The van der Waals surface area contributed by atoms with Crippen LogP contribution in [0.1, 0.15) is 43.7 Å². The minimum Gasteiger partial charge on any atom is -0.490 e. The normalized spacial score (nSPS) is 13.9. The number of hydrogen-bond donors (Lipinski definition) is 0. The highest BCUT2D eigenvalue weighted by molar-refractivity contribution is 6.08. The maximum atomic E-state index is 13.9. The van der Waals surface area contributed by atoms with E-state index in [1.165, 1.54) is 24.1 Å². The van der Waals surface area contributed by atoms with E-state index >= 15 is 0 Å². The van der Waals surface area contributed by atoms with Crippen molar-refractivity contribution >= 4 is 17.8 Å². The highest BCUT2D eigenvalue weighted by Crippen LogP contribution is 2.26. The molecule has 0 radical (unpaired) electrons. The van der Waals surface area contributed by atoms with Crippen LogP contribution in [0.5, 0.6) is 0 Å². The Balaban J connectivity index is 3.03. The summed E-state index contributed by atoms with van der Waals surface area (Å²) in [5, 5.41) is 0. The molecule has 6 nitrogen and oxygen atoms in total. The van der Waals surface area contributed by atoms with E-state index in [1.54, 1.807) is 26.8 Å². The van der Waals surface area contributed by atoms with Gasteiger partial charge in [0.2, 0.25) is 0 Å². The molecule has 1 atom stereocenters. The van der Waals surface area contributed by atoms with Crippen LogP contribution in [-0.4, -0.2) is 53.1 Å². The third-order valence-electron chi connectivity index (χ3n) is 4.47. The number of rotatable bonds is 11. The molecule has 0 saturated heterocycles. The number of aliphatic imine (C=N–C) groups is 2. The highest BCUT2D eigenvalue weighted by Gasteiger charge is 2.32. The first-order valence-corrected chi connectivity index (χ1v) is 10.3. The van der Waals surface area contributed by atoms with Crippen LogP contribution in [0.15, 0.2) is 71.3 Å². The van der Waals surface area contributed by atoms with Gasteiger partial charge in [-0.2, -0.15) is 13.2 Å². The quantitative estimate of drug-likeness (QED) is 0.178. The van der Waals surface area contributed by atoms with Gasteiger partial charge < -0.3 is 9.64 Å². The summed E-state index contributed by atoms with van der Waals surface area (Å²) in [6.07, 6.45) is 2.68. The number of allylic oxidation sites excluding steroid dienone is 5. The van der Waals surface area contributed by atoms with E-state index in [9.17, 15) is 22.4 Å². The molecule has 0 N–H and O–H groups in total. The van der Waals surface area contributed by atoms with Gasteiger partial charge in [-0.05, 0) is 39.8 Å². The van der Waals surface area contributed by atoms with Crippen LogP contribution >= 0.6 is 0 Å². The number of hydrogen-bond acceptors (Lipinski definition) is 5. The van der Waals surface area contributed by atoms with Crippen LogP contribution in [0, 0.1) is 5.82 Å². The second-order valence-electron chi connectivity index (χ2n) is 6.99. The van der Waals surface area contributed by atoms with Gasteiger partial charge in [0.25, 0.3) is 5.91 Å². The first-order valence-electron chi connectivity index (χ1n) is 10.3. The third-order valence-corrected chi connectivity index (χ3v) is 4.47. The minimum absolute atomic E-state index is 0.0187. The zero-order valence-corrected chi connectivity index (χ0v) is 19.6. The van der Waals surface area contributed by atoms with E-state index < -0.39 is 29.6 Å². The van der Waals surface area contributed by atoms with Crippen molar-refractivity contribution in [2.24, 2.45) is 9.98 Å². The molecule has 1 unspecified atom stereocenters. The van der Waals surface area contributed by atoms with Gasteiger partial charge in [-0.3, -0.25) is 14.8 Å². The summed E-state index contributed by atoms with van der Waals surface area (Å²) in [5.74, 6) is -1.30. The molecule has 1 aromatic heterocycles. The molecular formula is C24H28F4N4O2. The maximum Gasteiger partial charge on any atom is 0.433 e. The summed E-state index contributed by atoms with van der Waals surface area (Å²) in [4.78, 5) is 26.2. The molecule has 0 aliphatic carbocycles. The molecular weight excluding hydrogens is 452 g/mol. The lowest BCUT2D eigenvalue weighted by Crippen LogP contribution is -2.41. The maximum absolute atomic E-state index is 13.9. The molecule has 1 rings (SSSR count). The molecule has 0 aromatic carbocycles. The lowest BCUT2D eigenvalue weighted by atomic mass is 10.1. The second kappa shape index (κ2) is 13.2. The van der Waals surface area contributed by atoms with Gasteiger partial charge in [0.05, 0.1) is 35.4 Å². The van der Waals surface area contributed by atoms with Crippen LogP contribution in [0.4, 0.5) is 17.6 Å². The molecule has 34 heavy (non-hydrogen) atoms. The molecule has 1 heterocycles. The van der Waals surface area contributed by atoms with Gasteiger partial charge in [0.1, 0.15) is 23.9 Å². The molecule has 10 heteroatoms. The number of carbonyl (C=O) groups excluding carboxylic acids is 1. The first kappa shape index (κ1) is 28.5. The zero-order chi connectivity index (χ0) is 25.9. The van der Waals surface area contributed by atoms with Gasteiger partial charge in [0.15, 0.2) is 0 Å². The van der Waals surface area contributed by atoms with E-state index in [0.29, 0.717) is 5.71 Å². The fraction of sp³-hybridized carbons (Fsp3) is 0.333. The van der Waals surface area contributed by atoms with E-state index in [4.69, 9.17) is 4.74 Å². The first-order chi connectivity index (χ1) is 16.0. The molecule has 0 bridgehead atoms. The summed E-state index contributed by atoms with van der Waals surface area (Å²) in [6, 6.07) is 0.554. The average Bonchev–Trinajstić information content (AvgIpc) is 2.77. The van der Waals surface area contributed by atoms with Crippen molar-refractivity contribution in [2.75, 3.05) is 13.2 Å². The lowest BCUT2D eigenvalue weighted by Gasteiger charge is -2.28. The molecule has 0 aliphatic rings. The van der Waals surface area contributed by atoms with E-state index in [1.807, 2.05) is 0 Å². The molecule has 184 valence electrons. The Labute approximate surface area is 196 Å². The summed E-state index contributed by atoms with van der Waals surface area (Å²) < 4.78 is 57.5. The standard InChI is InChI=1S/C24H28F4N4O2/c1-7-10-11-29-18(6)22-20(12-19(25)14-31-22)23(33)32(9-3)16(4)15-34-17(5)13-30-21(8-2)24(26,27)28/h7-8,10-14,16H,1,5,9,15H2,2-4,6H3/b11-10-,21-8-,29-18+,30-13-. The van der Waals surface area contributed by atoms with Crippen molar-refractivity contribution in [3.63, 3.8) is 0 Å². The highest BCUT2D eigenvalue weighted by atomic mass is 19.4. The van der Waals surface area contributed by atoms with Crippen molar-refractivity contribution in [3.05, 3.63) is 78.4 Å². The van der Waals surface area contributed by atoms with Crippen molar-refractivity contribution in [1.29, 1.82) is 0 Å². The van der Waals surface area contributed by atoms with Gasteiger partial charge in [-0.25, -0.2) is 9.38 Å². The number of nitrogens with zero attached hydrogens (tertiary/aromatic N) is 4. The van der Waals surface area contributed by atoms with E-state index in [2.05, 4.69) is 28.1 Å². The molecule has 1 amide bonds. The van der Waals surface area contributed by atoms with Crippen molar-refractivity contribution in [1.82, 2.24) is 9.88 Å². The number of halogens is 4. The van der Waals surface area contributed by atoms with Crippen molar-refractivity contribution < 1.29 is 27.1 Å². The van der Waals surface area contributed by atoms with Crippen LogP contribution in [0.25, 0.3) is 0 Å². The minimum atomic E-state index is -4.59. The fourth-order valence-corrected chi connectivity index (χ4v) is 2.79. The predicted octanol–water partition coefficient (Wildman–Crippen LogP) is 5.65. The van der Waals surface area contributed by atoms with Crippen LogP contribution in [-0.2, 0) is 4.74 Å². The average molecular weight is 481 g/mol. The SMILES string of the molecule is C=C/C=C\N=C(/C)c1ncc(F)cc1C(=O)N(CC)C(C)COC(=C)/C=N\C(=C/C)C(F)(F)F. The number of pyridine rings is 1.